The highest BCUT2D eigenvalue weighted by Gasteiger charge is 2.42. The first-order valence-electron chi connectivity index (χ1n) is 12.1. The quantitative estimate of drug-likeness (QED) is 0.0656. The van der Waals surface area contributed by atoms with Crippen LogP contribution in [0.3, 0.4) is 0 Å². The first-order chi connectivity index (χ1) is 15.4. The van der Waals surface area contributed by atoms with Gasteiger partial charge in [-0.3, -0.25) is 0 Å². The van der Waals surface area contributed by atoms with Crippen molar-refractivity contribution in [3.63, 3.8) is 0 Å². The molecule has 0 aromatic rings. The molecule has 0 aromatic carbocycles. The standard InChI is InChI=1S/C23H48O7Si3/c1-22(2)23(25)28-16-13-20-32(6,7)30-33(8,21-11-9-10-14-24)29-31(4,5)19-12-15-27-18-17-26-3/h14H,1,9-13,15-21H2,2-8H3. The number of unbranched alkanes of at least 4 members (excludes halogenated alkanes) is 2. The van der Waals surface area contributed by atoms with Crippen molar-refractivity contribution < 1.29 is 32.0 Å². The molecule has 10 heteroatoms. The number of hydrogen-bond donors (Lipinski definition) is 0. The second-order valence-electron chi connectivity index (χ2n) is 10.00. The third-order valence-electron chi connectivity index (χ3n) is 5.19. The molecule has 0 rings (SSSR count). The summed E-state index contributed by atoms with van der Waals surface area (Å²) in [7, 11) is -4.72. The molecule has 0 saturated heterocycles. The molecule has 7 nitrogen and oxygen atoms in total. The zero-order valence-corrected chi connectivity index (χ0v) is 25.1. The number of carbonyl (C=O) groups excluding carboxylic acids is 2. The van der Waals surface area contributed by atoms with Crippen LogP contribution in [-0.4, -0.2) is 71.0 Å². The van der Waals surface area contributed by atoms with E-state index in [1.807, 2.05) is 0 Å². The maximum Gasteiger partial charge on any atom is 0.333 e. The van der Waals surface area contributed by atoms with Crippen LogP contribution in [0.1, 0.15) is 39.0 Å². The molecule has 0 fully saturated rings. The van der Waals surface area contributed by atoms with Crippen molar-refractivity contribution in [3.05, 3.63) is 12.2 Å². The lowest BCUT2D eigenvalue weighted by Crippen LogP contribution is -2.54. The minimum Gasteiger partial charge on any atom is -0.462 e. The van der Waals surface area contributed by atoms with E-state index in [9.17, 15) is 9.59 Å². The molecule has 0 radical (unpaired) electrons. The third-order valence-corrected chi connectivity index (χ3v) is 17.4. The van der Waals surface area contributed by atoms with Crippen molar-refractivity contribution in [2.24, 2.45) is 0 Å². The summed E-state index contributed by atoms with van der Waals surface area (Å²) in [5.41, 5.74) is 0.419. The van der Waals surface area contributed by atoms with Crippen molar-refractivity contribution in [1.82, 2.24) is 0 Å². The Balaban J connectivity index is 4.90. The van der Waals surface area contributed by atoms with Gasteiger partial charge in [0, 0.05) is 25.7 Å². The van der Waals surface area contributed by atoms with Crippen molar-refractivity contribution in [1.29, 1.82) is 0 Å². The molecule has 0 aliphatic rings. The van der Waals surface area contributed by atoms with E-state index >= 15 is 0 Å². The third kappa shape index (κ3) is 17.5. The van der Waals surface area contributed by atoms with Gasteiger partial charge in [0.2, 0.25) is 0 Å². The van der Waals surface area contributed by atoms with Gasteiger partial charge < -0.3 is 27.2 Å². The fourth-order valence-electron chi connectivity index (χ4n) is 3.70. The van der Waals surface area contributed by atoms with E-state index in [4.69, 9.17) is 22.4 Å². The van der Waals surface area contributed by atoms with Crippen LogP contribution in [0.5, 0.6) is 0 Å². The average molecular weight is 521 g/mol. The zero-order valence-electron chi connectivity index (χ0n) is 22.1. The molecule has 0 spiro atoms. The highest BCUT2D eigenvalue weighted by molar-refractivity contribution is 6.88. The van der Waals surface area contributed by atoms with E-state index in [1.54, 1.807) is 14.0 Å². The summed E-state index contributed by atoms with van der Waals surface area (Å²) in [5, 5.41) is 0. The summed E-state index contributed by atoms with van der Waals surface area (Å²) in [5.74, 6) is -0.341. The Hall–Kier alpha value is -0.629. The first kappa shape index (κ1) is 32.4. The van der Waals surface area contributed by atoms with Gasteiger partial charge in [-0.1, -0.05) is 13.0 Å². The molecule has 0 heterocycles. The second kappa shape index (κ2) is 16.9. The van der Waals surface area contributed by atoms with Crippen molar-refractivity contribution >= 4 is 37.5 Å². The van der Waals surface area contributed by atoms with Gasteiger partial charge in [0.25, 0.3) is 0 Å². The summed E-state index contributed by atoms with van der Waals surface area (Å²) < 4.78 is 29.6. The van der Waals surface area contributed by atoms with Crippen LogP contribution in [0.2, 0.25) is 50.9 Å². The smallest absolute Gasteiger partial charge is 0.333 e. The van der Waals surface area contributed by atoms with Crippen LogP contribution in [0, 0.1) is 0 Å². The van der Waals surface area contributed by atoms with E-state index in [0.29, 0.717) is 38.4 Å². The van der Waals surface area contributed by atoms with E-state index in [1.165, 1.54) is 0 Å². The number of aldehydes is 1. The lowest BCUT2D eigenvalue weighted by Gasteiger charge is -2.41. The summed E-state index contributed by atoms with van der Waals surface area (Å²) in [6, 6.07) is 2.80. The van der Waals surface area contributed by atoms with E-state index in [0.717, 1.165) is 50.1 Å². The fraction of sp³-hybridized carbons (Fsp3) is 0.826. The zero-order chi connectivity index (χ0) is 25.4. The maximum absolute atomic E-state index is 11.6. The molecule has 1 atom stereocenters. The number of carbonyl (C=O) groups is 2. The molecule has 0 aliphatic carbocycles. The van der Waals surface area contributed by atoms with Gasteiger partial charge in [-0.2, -0.15) is 0 Å². The van der Waals surface area contributed by atoms with Crippen LogP contribution in [0.25, 0.3) is 0 Å². The number of rotatable bonds is 21. The number of esters is 1. The van der Waals surface area contributed by atoms with Gasteiger partial charge in [-0.25, -0.2) is 4.79 Å². The summed E-state index contributed by atoms with van der Waals surface area (Å²) in [6.45, 7) is 18.7. The van der Waals surface area contributed by atoms with Crippen molar-refractivity contribution in [3.8, 4) is 0 Å². The minimum atomic E-state index is -2.43. The molecule has 0 N–H and O–H groups in total. The molecule has 0 aliphatic heterocycles. The van der Waals surface area contributed by atoms with Gasteiger partial charge in [0.15, 0.2) is 16.6 Å². The number of ether oxygens (including phenoxy) is 3. The topological polar surface area (TPSA) is 80.3 Å². The molecule has 1 unspecified atom stereocenters. The van der Waals surface area contributed by atoms with Gasteiger partial charge in [0.05, 0.1) is 19.8 Å². The SMILES string of the molecule is C=C(C)C(=O)OCCC[Si](C)(C)O[Si](C)(CCCCC=O)O[Si](C)(C)CCCOCCOC. The first-order valence-corrected chi connectivity index (χ1v) is 20.9. The molecule has 194 valence electrons. The van der Waals surface area contributed by atoms with Crippen molar-refractivity contribution in [2.75, 3.05) is 33.5 Å². The minimum absolute atomic E-state index is 0.341. The van der Waals surface area contributed by atoms with E-state index in [-0.39, 0.29) is 5.97 Å². The molecule has 0 aromatic heterocycles. The largest absolute Gasteiger partial charge is 0.462 e. The Morgan fingerprint density at radius 3 is 1.91 bits per heavy atom. The van der Waals surface area contributed by atoms with E-state index in [2.05, 4.69) is 39.3 Å². The predicted molar refractivity (Wildman–Crippen MR) is 141 cm³/mol. The summed E-state index contributed by atoms with van der Waals surface area (Å²) in [4.78, 5) is 22.3. The molecular formula is C23H48O7Si3. The number of methoxy groups -OCH3 is 1. The number of hydrogen-bond acceptors (Lipinski definition) is 7. The molecule has 0 amide bonds. The van der Waals surface area contributed by atoms with Crippen LogP contribution >= 0.6 is 0 Å². The molecule has 33 heavy (non-hydrogen) atoms. The van der Waals surface area contributed by atoms with Crippen LogP contribution in [0.4, 0.5) is 0 Å². The van der Waals surface area contributed by atoms with Crippen LogP contribution < -0.4 is 0 Å². The molecule has 0 saturated carbocycles. The van der Waals surface area contributed by atoms with E-state index < -0.39 is 25.2 Å². The normalized spacial score (nSPS) is 14.0. The fourth-order valence-corrected chi connectivity index (χ4v) is 18.1. The highest BCUT2D eigenvalue weighted by atomic mass is 28.5. The van der Waals surface area contributed by atoms with Crippen LogP contribution in [-0.2, 0) is 32.0 Å². The van der Waals surface area contributed by atoms with Gasteiger partial charge in [-0.05, 0) is 77.1 Å². The average Bonchev–Trinajstić information content (AvgIpc) is 2.70. The van der Waals surface area contributed by atoms with Crippen molar-refractivity contribution in [2.45, 2.75) is 89.9 Å². The molecule has 0 bridgehead atoms. The molecular weight excluding hydrogens is 473 g/mol. The van der Waals surface area contributed by atoms with Crippen LogP contribution in [0.15, 0.2) is 12.2 Å². The second-order valence-corrected chi connectivity index (χ2v) is 22.4. The Kier molecular flexibility index (Phi) is 16.6. The Bertz CT molecular complexity index is 584. The highest BCUT2D eigenvalue weighted by Crippen LogP contribution is 2.30. The van der Waals surface area contributed by atoms with Gasteiger partial charge in [-0.15, -0.1) is 0 Å². The van der Waals surface area contributed by atoms with Gasteiger partial charge in [0.1, 0.15) is 6.29 Å². The lowest BCUT2D eigenvalue weighted by atomic mass is 10.3. The monoisotopic (exact) mass is 520 g/mol. The summed E-state index contributed by atoms with van der Waals surface area (Å²) >= 11 is 0. The Labute approximate surface area is 205 Å². The summed E-state index contributed by atoms with van der Waals surface area (Å²) in [6.07, 6.45) is 5.10. The Morgan fingerprint density at radius 1 is 0.818 bits per heavy atom. The predicted octanol–water partition coefficient (Wildman–Crippen LogP) is 5.43. The van der Waals surface area contributed by atoms with Gasteiger partial charge >= 0.3 is 14.5 Å². The lowest BCUT2D eigenvalue weighted by molar-refractivity contribution is -0.138. The maximum atomic E-state index is 11.6. The Morgan fingerprint density at radius 2 is 1.39 bits per heavy atom.